The van der Waals surface area contributed by atoms with Crippen LogP contribution in [0.15, 0.2) is 146 Å². The molecule has 0 aliphatic rings. The highest BCUT2D eigenvalue weighted by Gasteiger charge is 2.17. The number of aryl methyl sites for hydroxylation is 13. The maximum Gasteiger partial charge on any atom is 0.212 e. The molecule has 4 heterocycles. The molecule has 8 rings (SSSR count). The molecule has 0 spiro atoms. The summed E-state index contributed by atoms with van der Waals surface area (Å²) in [5.41, 5.74) is 19.0. The molecule has 71 heavy (non-hydrogen) atoms. The van der Waals surface area contributed by atoms with E-state index in [0.717, 1.165) is 61.6 Å². The van der Waals surface area contributed by atoms with E-state index in [1.807, 2.05) is 144 Å². The maximum absolute atomic E-state index is 8.12. The third-order valence-electron chi connectivity index (χ3n) is 12.8. The first-order chi connectivity index (χ1) is 38.5. The van der Waals surface area contributed by atoms with Crippen LogP contribution < -0.4 is 18.3 Å². The highest BCUT2D eigenvalue weighted by Crippen LogP contribution is 2.27. The van der Waals surface area contributed by atoms with Crippen molar-refractivity contribution < 1.29 is 36.1 Å². The van der Waals surface area contributed by atoms with E-state index in [1.165, 1.54) is 34.9 Å². The van der Waals surface area contributed by atoms with E-state index >= 15 is 0 Å². The van der Waals surface area contributed by atoms with Crippen LogP contribution in [-0.4, -0.2) is 0 Å². The van der Waals surface area contributed by atoms with E-state index < -0.39 is 38.7 Å². The summed E-state index contributed by atoms with van der Waals surface area (Å²) in [7, 11) is 7.77. The van der Waals surface area contributed by atoms with E-state index in [2.05, 4.69) is 75.8 Å². The molecule has 0 saturated heterocycles. The van der Waals surface area contributed by atoms with Crippen molar-refractivity contribution in [3.63, 3.8) is 0 Å². The van der Waals surface area contributed by atoms with Crippen LogP contribution in [0.5, 0.6) is 0 Å². The largest absolute Gasteiger partial charge is 0.212 e. The molecule has 0 fully saturated rings. The van der Waals surface area contributed by atoms with Crippen LogP contribution in [-0.2, 0) is 34.6 Å². The first kappa shape index (κ1) is 39.1. The fraction of sp³-hybridized carbons (Fsp3) is 0.343. The Labute approximate surface area is 448 Å². The molecule has 0 aliphatic heterocycles. The van der Waals surface area contributed by atoms with Gasteiger partial charge in [-0.2, -0.15) is 0 Å². The molecule has 4 aromatic carbocycles. The van der Waals surface area contributed by atoms with Crippen LogP contribution in [0.1, 0.15) is 151 Å². The summed E-state index contributed by atoms with van der Waals surface area (Å²) in [5.74, 6) is -0.705. The van der Waals surface area contributed by atoms with E-state index in [1.54, 1.807) is 48.8 Å². The minimum absolute atomic E-state index is 0.331. The minimum Gasteiger partial charge on any atom is -0.201 e. The molecular weight excluding hydrogens is 861 g/mol. The van der Waals surface area contributed by atoms with Gasteiger partial charge in [-0.05, 0) is 155 Å². The number of pyridine rings is 4. The lowest BCUT2D eigenvalue weighted by Gasteiger charge is -2.10. The summed E-state index contributed by atoms with van der Waals surface area (Å²) >= 11 is 0. The SMILES string of the molecule is Cc1ccc(-c2cc(C(C)C)cc[n+]2C)c(C)c1.[2H]C([2H])([2H])c1ccc(-c2ccc(C([2H])(C)C)c[n+]2C)c(C)c1.[2H]C([2H])([2H])c1ccc(-c2ccc(C([2H])(C)C)cc2C)[n+](C)c1.[2H]C([2H])([2H])c1ccc(-c2ccc(C([2H])([2H])C)c[n+]2C)c(C)c1. The number of hydrogen-bond donors (Lipinski definition) is 0. The van der Waals surface area contributed by atoms with Crippen molar-refractivity contribution >= 4 is 0 Å². The number of nitrogens with zero attached hydrogens (tertiary/aromatic N) is 4. The highest BCUT2D eigenvalue weighted by atomic mass is 14.9. The molecule has 0 aliphatic carbocycles. The Morgan fingerprint density at radius 1 is 0.408 bits per heavy atom. The fourth-order valence-electron chi connectivity index (χ4n) is 8.58. The summed E-state index contributed by atoms with van der Waals surface area (Å²) in [6.45, 7) is 17.3. The molecule has 0 amide bonds. The van der Waals surface area contributed by atoms with Crippen molar-refractivity contribution in [2.75, 3.05) is 0 Å². The molecule has 370 valence electrons. The third kappa shape index (κ3) is 14.8. The molecule has 0 radical (unpaired) electrons. The van der Waals surface area contributed by atoms with Gasteiger partial charge in [0, 0.05) is 87.1 Å². The zero-order chi connectivity index (χ0) is 63.4. The van der Waals surface area contributed by atoms with E-state index in [4.69, 9.17) is 17.8 Å². The molecule has 0 saturated carbocycles. The molecule has 0 atom stereocenters. The summed E-state index contributed by atoms with van der Waals surface area (Å²) < 4.78 is 107. The van der Waals surface area contributed by atoms with Crippen molar-refractivity contribution in [3.05, 3.63) is 213 Å². The minimum atomic E-state index is -2.10. The van der Waals surface area contributed by atoms with Gasteiger partial charge in [-0.15, -0.1) is 0 Å². The quantitative estimate of drug-likeness (QED) is 0.135. The fourth-order valence-corrected chi connectivity index (χ4v) is 8.58. The lowest BCUT2D eigenvalue weighted by Crippen LogP contribution is -2.31. The van der Waals surface area contributed by atoms with Gasteiger partial charge in [0.05, 0.1) is 0 Å². The Bertz CT molecular complexity index is 3130. The van der Waals surface area contributed by atoms with E-state index in [-0.39, 0.29) is 0 Å². The zero-order valence-electron chi connectivity index (χ0n) is 58.2. The summed E-state index contributed by atoms with van der Waals surface area (Å²) in [6.07, 6.45) is 6.15. The maximum atomic E-state index is 8.12. The predicted octanol–water partition coefficient (Wildman–Crippen LogP) is 15.1. The Hall–Kier alpha value is -6.52. The number of aromatic nitrogens is 4. The lowest BCUT2D eigenvalue weighted by molar-refractivity contribution is -0.661. The van der Waals surface area contributed by atoms with Crippen LogP contribution in [0, 0.1) is 55.2 Å². The Morgan fingerprint density at radius 3 is 1.28 bits per heavy atom. The second kappa shape index (κ2) is 25.0. The van der Waals surface area contributed by atoms with Gasteiger partial charge in [0.15, 0.2) is 24.8 Å². The van der Waals surface area contributed by atoms with Crippen molar-refractivity contribution in [2.24, 2.45) is 28.2 Å². The number of hydrogen-bond acceptors (Lipinski definition) is 0. The van der Waals surface area contributed by atoms with Crippen LogP contribution in [0.3, 0.4) is 0 Å². The molecule has 4 heteroatoms. The van der Waals surface area contributed by atoms with Gasteiger partial charge >= 0.3 is 0 Å². The number of rotatable bonds is 8. The normalized spacial score (nSPS) is 14.6. The Balaban J connectivity index is 0.000000205. The summed E-state index contributed by atoms with van der Waals surface area (Å²) in [6, 6.07) is 38.6. The van der Waals surface area contributed by atoms with Gasteiger partial charge in [0.1, 0.15) is 28.2 Å². The van der Waals surface area contributed by atoms with E-state index in [9.17, 15) is 0 Å². The van der Waals surface area contributed by atoms with Crippen LogP contribution in [0.4, 0.5) is 0 Å². The van der Waals surface area contributed by atoms with Gasteiger partial charge in [-0.1, -0.05) is 114 Å². The summed E-state index contributed by atoms with van der Waals surface area (Å²) in [4.78, 5) is 0. The molecule has 4 nitrogen and oxygen atoms in total. The first-order valence-corrected chi connectivity index (χ1v) is 24.4. The van der Waals surface area contributed by atoms with E-state index in [0.29, 0.717) is 28.2 Å². The van der Waals surface area contributed by atoms with Gasteiger partial charge in [0.25, 0.3) is 0 Å². The third-order valence-corrected chi connectivity index (χ3v) is 12.8. The van der Waals surface area contributed by atoms with Crippen molar-refractivity contribution in [2.45, 2.75) is 128 Å². The second-order valence-electron chi connectivity index (χ2n) is 19.5. The molecular formula is C67H86N4+4. The monoisotopic (exact) mass is 960 g/mol. The second-order valence-corrected chi connectivity index (χ2v) is 19.5. The Morgan fingerprint density at radius 2 is 0.831 bits per heavy atom. The molecule has 0 unspecified atom stereocenters. The van der Waals surface area contributed by atoms with Crippen LogP contribution >= 0.6 is 0 Å². The standard InChI is InChI=1S/3C17H22N.C16H20N/c1-12(2)15-7-8-16(14(4)10-15)17-9-6-13(3)11-18(17)5;1-12(2)15-7-9-17(18(5)11-15)16-8-6-13(3)10-14(16)4;1-12(2)15-8-9-18(5)17(11-15)16-7-6-13(3)10-14(16)4;1-5-14-7-9-16(17(4)11-14)15-8-6-12(2)10-13(15)3/h3*6-12H,1-5H3;6-11H,5H2,1-4H3/q4*+1/i2*3D3,12D;;2D3,5D2. The summed E-state index contributed by atoms with van der Waals surface area (Å²) in [5, 5.41) is 0. The van der Waals surface area contributed by atoms with Gasteiger partial charge in [-0.3, -0.25) is 0 Å². The molecule has 4 aromatic heterocycles. The van der Waals surface area contributed by atoms with Crippen LogP contribution in [0.25, 0.3) is 45.0 Å². The van der Waals surface area contributed by atoms with Gasteiger partial charge in [0.2, 0.25) is 22.8 Å². The molecule has 0 N–H and O–H groups in total. The predicted molar refractivity (Wildman–Crippen MR) is 302 cm³/mol. The lowest BCUT2D eigenvalue weighted by atomic mass is 9.96. The van der Waals surface area contributed by atoms with Crippen LogP contribution in [0.2, 0.25) is 0 Å². The van der Waals surface area contributed by atoms with Crippen molar-refractivity contribution in [1.82, 2.24) is 0 Å². The van der Waals surface area contributed by atoms with Gasteiger partial charge in [-0.25, -0.2) is 18.3 Å². The number of benzene rings is 4. The van der Waals surface area contributed by atoms with Crippen molar-refractivity contribution in [1.29, 1.82) is 0 Å². The first-order valence-electron chi connectivity index (χ1n) is 30.9. The average Bonchev–Trinajstić information content (AvgIpc) is 3.58. The highest BCUT2D eigenvalue weighted by molar-refractivity contribution is 5.64. The van der Waals surface area contributed by atoms with Gasteiger partial charge < -0.3 is 0 Å². The topological polar surface area (TPSA) is 15.5 Å². The zero-order valence-corrected chi connectivity index (χ0v) is 45.2. The van der Waals surface area contributed by atoms with Crippen molar-refractivity contribution in [3.8, 4) is 45.0 Å². The Kier molecular flexibility index (Phi) is 13.8. The molecule has 0 bridgehead atoms. The average molecular weight is 961 g/mol. The molecule has 8 aromatic rings. The smallest absolute Gasteiger partial charge is 0.201 e.